The SMILES string of the molecule is O=C(O)C1=C(/C=C/c2ccccc2)C[C@@H]2CN(C(=O)O)[C@@H]3C(=O)N1[C@H]23. The molecule has 0 aromatic heterocycles. The van der Waals surface area contributed by atoms with Gasteiger partial charge in [-0.15, -0.1) is 0 Å². The van der Waals surface area contributed by atoms with Gasteiger partial charge in [-0.05, 0) is 17.6 Å². The van der Waals surface area contributed by atoms with Crippen LogP contribution >= 0.6 is 0 Å². The Labute approximate surface area is 143 Å². The number of rotatable bonds is 3. The van der Waals surface area contributed by atoms with Gasteiger partial charge in [0.15, 0.2) is 0 Å². The van der Waals surface area contributed by atoms with Gasteiger partial charge in [-0.3, -0.25) is 14.6 Å². The second-order valence-electron chi connectivity index (χ2n) is 6.47. The molecule has 25 heavy (non-hydrogen) atoms. The van der Waals surface area contributed by atoms with Gasteiger partial charge in [0.25, 0.3) is 5.91 Å². The highest BCUT2D eigenvalue weighted by molar-refractivity contribution is 6.02. The lowest BCUT2D eigenvalue weighted by Gasteiger charge is -2.49. The predicted molar refractivity (Wildman–Crippen MR) is 87.4 cm³/mol. The fraction of sp³-hybridized carbons (Fsp3) is 0.278. The van der Waals surface area contributed by atoms with E-state index in [0.29, 0.717) is 12.0 Å². The molecule has 0 bridgehead atoms. The molecule has 3 aliphatic heterocycles. The van der Waals surface area contributed by atoms with Gasteiger partial charge in [0, 0.05) is 12.5 Å². The third kappa shape index (κ3) is 2.23. The summed E-state index contributed by atoms with van der Waals surface area (Å²) in [5.41, 5.74) is 1.45. The maximum Gasteiger partial charge on any atom is 0.408 e. The molecular formula is C18H16N2O5. The van der Waals surface area contributed by atoms with Crippen LogP contribution in [0.25, 0.3) is 6.08 Å². The van der Waals surface area contributed by atoms with Gasteiger partial charge >= 0.3 is 12.1 Å². The number of β-lactam (4-membered cyclic amide) rings is 1. The van der Waals surface area contributed by atoms with Gasteiger partial charge < -0.3 is 10.2 Å². The number of hydrogen-bond donors (Lipinski definition) is 2. The molecular weight excluding hydrogens is 324 g/mol. The fourth-order valence-electron chi connectivity index (χ4n) is 4.08. The Balaban J connectivity index is 1.70. The van der Waals surface area contributed by atoms with Crippen LogP contribution in [-0.2, 0) is 9.59 Å². The molecule has 0 aliphatic carbocycles. The number of amides is 2. The van der Waals surface area contributed by atoms with E-state index in [1.165, 1.54) is 4.90 Å². The van der Waals surface area contributed by atoms with Crippen molar-refractivity contribution in [3.05, 3.63) is 53.2 Å². The molecule has 3 aliphatic rings. The van der Waals surface area contributed by atoms with Crippen LogP contribution in [0.1, 0.15) is 12.0 Å². The lowest BCUT2D eigenvalue weighted by atomic mass is 9.79. The molecule has 0 radical (unpaired) electrons. The molecule has 2 N–H and O–H groups in total. The van der Waals surface area contributed by atoms with Crippen LogP contribution < -0.4 is 0 Å². The summed E-state index contributed by atoms with van der Waals surface area (Å²) in [4.78, 5) is 37.9. The Morgan fingerprint density at radius 3 is 2.48 bits per heavy atom. The van der Waals surface area contributed by atoms with Crippen molar-refractivity contribution in [2.24, 2.45) is 5.92 Å². The number of hydrogen-bond acceptors (Lipinski definition) is 3. The molecule has 4 rings (SSSR count). The van der Waals surface area contributed by atoms with E-state index in [-0.39, 0.29) is 24.2 Å². The standard InChI is InChI=1S/C18H16N2O5/c21-16-15-13-12(9-19(15)18(24)25)8-11(14(17(22)23)20(13)16)7-6-10-4-2-1-3-5-10/h1-7,12-13,15H,8-9H2,(H,22,23)(H,24,25)/b7-6+/t12-,13-,15+/m1/s1. The second kappa shape index (κ2) is 5.47. The molecule has 0 unspecified atom stereocenters. The third-order valence-corrected chi connectivity index (χ3v) is 5.11. The molecule has 2 saturated heterocycles. The summed E-state index contributed by atoms with van der Waals surface area (Å²) in [5.74, 6) is -1.68. The normalized spacial score (nSPS) is 27.5. The lowest BCUT2D eigenvalue weighted by molar-refractivity contribution is -0.156. The van der Waals surface area contributed by atoms with Gasteiger partial charge in [0.2, 0.25) is 0 Å². The minimum atomic E-state index is -1.16. The van der Waals surface area contributed by atoms with E-state index in [1.807, 2.05) is 36.4 Å². The summed E-state index contributed by atoms with van der Waals surface area (Å²) in [6.07, 6.45) is 2.84. The average Bonchev–Trinajstić information content (AvgIpc) is 2.96. The van der Waals surface area contributed by atoms with Crippen molar-refractivity contribution in [2.45, 2.75) is 18.5 Å². The Morgan fingerprint density at radius 1 is 1.12 bits per heavy atom. The molecule has 7 heteroatoms. The number of allylic oxidation sites excluding steroid dienone is 2. The Morgan fingerprint density at radius 2 is 1.84 bits per heavy atom. The van der Waals surface area contributed by atoms with E-state index in [0.717, 1.165) is 10.5 Å². The zero-order chi connectivity index (χ0) is 17.7. The molecule has 1 aromatic carbocycles. The summed E-state index contributed by atoms with van der Waals surface area (Å²) in [5, 5.41) is 18.9. The maximum absolute atomic E-state index is 12.4. The Bertz CT molecular complexity index is 829. The van der Waals surface area contributed by atoms with Crippen molar-refractivity contribution >= 4 is 24.0 Å². The van der Waals surface area contributed by atoms with E-state index >= 15 is 0 Å². The maximum atomic E-state index is 12.4. The zero-order valence-electron chi connectivity index (χ0n) is 13.2. The zero-order valence-corrected chi connectivity index (χ0v) is 13.2. The van der Waals surface area contributed by atoms with Crippen LogP contribution in [0.15, 0.2) is 47.7 Å². The van der Waals surface area contributed by atoms with Crippen LogP contribution in [-0.4, -0.2) is 56.6 Å². The topological polar surface area (TPSA) is 98.1 Å². The van der Waals surface area contributed by atoms with Gasteiger partial charge in [-0.2, -0.15) is 0 Å². The molecule has 3 heterocycles. The van der Waals surface area contributed by atoms with E-state index < -0.39 is 24.0 Å². The molecule has 128 valence electrons. The number of carbonyl (C=O) groups is 3. The van der Waals surface area contributed by atoms with Crippen molar-refractivity contribution in [2.75, 3.05) is 6.54 Å². The minimum absolute atomic E-state index is 0.0260. The number of benzene rings is 1. The smallest absolute Gasteiger partial charge is 0.408 e. The number of likely N-dealkylation sites (tertiary alicyclic amines) is 1. The highest BCUT2D eigenvalue weighted by Crippen LogP contribution is 2.47. The summed E-state index contributed by atoms with van der Waals surface area (Å²) >= 11 is 0. The number of carboxylic acids is 1. The first kappa shape index (κ1) is 15.4. The monoisotopic (exact) mass is 340 g/mol. The van der Waals surface area contributed by atoms with Gasteiger partial charge in [0.1, 0.15) is 11.7 Å². The third-order valence-electron chi connectivity index (χ3n) is 5.11. The first-order valence-corrected chi connectivity index (χ1v) is 8.01. The summed E-state index contributed by atoms with van der Waals surface area (Å²) < 4.78 is 0. The Kier molecular flexibility index (Phi) is 3.38. The van der Waals surface area contributed by atoms with Crippen LogP contribution in [0.4, 0.5) is 4.79 Å². The quantitative estimate of drug-likeness (QED) is 0.815. The molecule has 2 amide bonds. The van der Waals surface area contributed by atoms with Crippen molar-refractivity contribution < 1.29 is 24.6 Å². The highest BCUT2D eigenvalue weighted by Gasteiger charge is 2.64. The summed E-state index contributed by atoms with van der Waals surface area (Å²) in [6.45, 7) is 0.252. The first-order valence-electron chi connectivity index (χ1n) is 8.01. The van der Waals surface area contributed by atoms with Crippen molar-refractivity contribution in [3.8, 4) is 0 Å². The predicted octanol–water partition coefficient (Wildman–Crippen LogP) is 1.63. The summed E-state index contributed by atoms with van der Waals surface area (Å²) in [7, 11) is 0. The largest absolute Gasteiger partial charge is 0.477 e. The number of aliphatic carboxylic acids is 1. The van der Waals surface area contributed by atoms with Crippen LogP contribution in [0.2, 0.25) is 0 Å². The van der Waals surface area contributed by atoms with Crippen LogP contribution in [0, 0.1) is 5.92 Å². The minimum Gasteiger partial charge on any atom is -0.477 e. The van der Waals surface area contributed by atoms with E-state index in [1.54, 1.807) is 6.08 Å². The highest BCUT2D eigenvalue weighted by atomic mass is 16.4. The number of carboxylic acid groups (broad SMARTS) is 2. The van der Waals surface area contributed by atoms with Crippen molar-refractivity contribution in [3.63, 3.8) is 0 Å². The lowest BCUT2D eigenvalue weighted by Crippen LogP contribution is -2.69. The Hall–Kier alpha value is -3.09. The van der Waals surface area contributed by atoms with E-state index in [2.05, 4.69) is 0 Å². The van der Waals surface area contributed by atoms with Crippen LogP contribution in [0.3, 0.4) is 0 Å². The van der Waals surface area contributed by atoms with Gasteiger partial charge in [0.05, 0.1) is 6.04 Å². The van der Waals surface area contributed by atoms with Crippen molar-refractivity contribution in [1.29, 1.82) is 0 Å². The fourth-order valence-corrected chi connectivity index (χ4v) is 4.08. The van der Waals surface area contributed by atoms with E-state index in [9.17, 15) is 24.6 Å². The van der Waals surface area contributed by atoms with Gasteiger partial charge in [-0.1, -0.05) is 42.5 Å². The molecule has 7 nitrogen and oxygen atoms in total. The molecule has 1 aromatic rings. The van der Waals surface area contributed by atoms with E-state index in [4.69, 9.17) is 0 Å². The second-order valence-corrected chi connectivity index (χ2v) is 6.47. The van der Waals surface area contributed by atoms with Crippen LogP contribution in [0.5, 0.6) is 0 Å². The number of carbonyl (C=O) groups excluding carboxylic acids is 1. The molecule has 2 fully saturated rings. The number of nitrogens with zero attached hydrogens (tertiary/aromatic N) is 2. The molecule has 0 saturated carbocycles. The first-order chi connectivity index (χ1) is 12.0. The van der Waals surface area contributed by atoms with Crippen molar-refractivity contribution in [1.82, 2.24) is 9.80 Å². The molecule has 0 spiro atoms. The summed E-state index contributed by atoms with van der Waals surface area (Å²) in [6, 6.07) is 8.36. The average molecular weight is 340 g/mol. The van der Waals surface area contributed by atoms with Gasteiger partial charge in [-0.25, -0.2) is 9.59 Å². The molecule has 3 atom stereocenters.